The summed E-state index contributed by atoms with van der Waals surface area (Å²) in [5, 5.41) is 0. The number of nitrogens with zero attached hydrogens (tertiary/aromatic N) is 4. The van der Waals surface area contributed by atoms with Crippen molar-refractivity contribution in [1.29, 1.82) is 0 Å². The maximum Gasteiger partial charge on any atom is 0.332 e. The van der Waals surface area contributed by atoms with Gasteiger partial charge in [-0.2, -0.15) is 4.98 Å². The largest absolute Gasteiger partial charge is 0.497 e. The third-order valence-electron chi connectivity index (χ3n) is 3.68. The fourth-order valence-electron chi connectivity index (χ4n) is 2.36. The lowest BCUT2D eigenvalue weighted by molar-refractivity contribution is 0.400. The van der Waals surface area contributed by atoms with Gasteiger partial charge in [-0.1, -0.05) is 6.07 Å². The lowest BCUT2D eigenvalue weighted by Crippen LogP contribution is -2.37. The van der Waals surface area contributed by atoms with Gasteiger partial charge in [0.05, 0.1) is 7.11 Å². The molecule has 0 aliphatic rings. The number of hydrogen-bond donors (Lipinski definition) is 0. The van der Waals surface area contributed by atoms with Crippen LogP contribution in [0.3, 0.4) is 0 Å². The first-order valence-electron chi connectivity index (χ1n) is 6.88. The van der Waals surface area contributed by atoms with Gasteiger partial charge in [-0.25, -0.2) is 4.79 Å². The van der Waals surface area contributed by atoms with E-state index in [9.17, 15) is 9.59 Å². The van der Waals surface area contributed by atoms with E-state index in [4.69, 9.17) is 9.47 Å². The van der Waals surface area contributed by atoms with Crippen molar-refractivity contribution in [3.8, 4) is 17.5 Å². The Balaban J connectivity index is 2.18. The summed E-state index contributed by atoms with van der Waals surface area (Å²) in [5.74, 6) is 1.16. The molecule has 8 heteroatoms. The van der Waals surface area contributed by atoms with Crippen LogP contribution in [0.15, 0.2) is 33.9 Å². The van der Waals surface area contributed by atoms with E-state index in [0.717, 1.165) is 4.57 Å². The van der Waals surface area contributed by atoms with Crippen LogP contribution in [-0.4, -0.2) is 25.8 Å². The molecule has 3 rings (SSSR count). The zero-order chi connectivity index (χ0) is 16.7. The van der Waals surface area contributed by atoms with E-state index in [1.165, 1.54) is 16.2 Å². The van der Waals surface area contributed by atoms with Gasteiger partial charge in [0, 0.05) is 27.2 Å². The predicted octanol–water partition coefficient (Wildman–Crippen LogP) is 0.772. The minimum atomic E-state index is -0.437. The Labute approximate surface area is 131 Å². The number of benzene rings is 1. The second-order valence-electron chi connectivity index (χ2n) is 5.11. The summed E-state index contributed by atoms with van der Waals surface area (Å²) in [6.45, 7) is 0. The quantitative estimate of drug-likeness (QED) is 0.713. The van der Waals surface area contributed by atoms with E-state index >= 15 is 0 Å². The van der Waals surface area contributed by atoms with Gasteiger partial charge in [0.1, 0.15) is 11.5 Å². The highest BCUT2D eigenvalue weighted by Crippen LogP contribution is 2.25. The molecule has 23 heavy (non-hydrogen) atoms. The molecule has 2 aromatic heterocycles. The fraction of sp³-hybridized carbons (Fsp3) is 0.267. The van der Waals surface area contributed by atoms with Gasteiger partial charge in [-0.15, -0.1) is 0 Å². The Kier molecular flexibility index (Phi) is 3.44. The molecule has 0 fully saturated rings. The number of methoxy groups -OCH3 is 1. The Bertz CT molecular complexity index is 1010. The van der Waals surface area contributed by atoms with Gasteiger partial charge < -0.3 is 9.47 Å². The van der Waals surface area contributed by atoms with Crippen LogP contribution in [0.5, 0.6) is 17.5 Å². The Morgan fingerprint density at radius 1 is 1.00 bits per heavy atom. The van der Waals surface area contributed by atoms with E-state index in [0.29, 0.717) is 17.0 Å². The summed E-state index contributed by atoms with van der Waals surface area (Å²) >= 11 is 0. The predicted molar refractivity (Wildman–Crippen MR) is 84.3 cm³/mol. The third-order valence-corrected chi connectivity index (χ3v) is 3.68. The van der Waals surface area contributed by atoms with Gasteiger partial charge in [0.25, 0.3) is 5.56 Å². The molecule has 0 spiro atoms. The number of rotatable bonds is 3. The number of aryl methyl sites for hydroxylation is 2. The molecule has 0 saturated carbocycles. The van der Waals surface area contributed by atoms with Gasteiger partial charge >= 0.3 is 11.7 Å². The van der Waals surface area contributed by atoms with Crippen molar-refractivity contribution in [2.75, 3.05) is 7.11 Å². The maximum absolute atomic E-state index is 12.3. The topological polar surface area (TPSA) is 80.3 Å². The van der Waals surface area contributed by atoms with Gasteiger partial charge in [0.15, 0.2) is 11.2 Å². The van der Waals surface area contributed by atoms with E-state index in [-0.39, 0.29) is 11.7 Å². The summed E-state index contributed by atoms with van der Waals surface area (Å²) in [6.07, 6.45) is 0. The number of aromatic nitrogens is 4. The normalized spacial score (nSPS) is 11.0. The first-order valence-corrected chi connectivity index (χ1v) is 6.88. The molecule has 0 N–H and O–H groups in total. The van der Waals surface area contributed by atoms with Gasteiger partial charge in [-0.3, -0.25) is 18.5 Å². The zero-order valence-corrected chi connectivity index (χ0v) is 13.2. The van der Waals surface area contributed by atoms with Crippen LogP contribution in [0.2, 0.25) is 0 Å². The fourth-order valence-corrected chi connectivity index (χ4v) is 2.36. The molecular weight excluding hydrogens is 300 g/mol. The molecule has 3 aromatic rings. The van der Waals surface area contributed by atoms with Crippen molar-refractivity contribution >= 4 is 11.2 Å². The van der Waals surface area contributed by atoms with Crippen LogP contribution in [0.1, 0.15) is 0 Å². The van der Waals surface area contributed by atoms with Gasteiger partial charge in [0.2, 0.25) is 0 Å². The summed E-state index contributed by atoms with van der Waals surface area (Å²) in [4.78, 5) is 28.6. The lowest BCUT2D eigenvalue weighted by Gasteiger charge is -2.06. The molecule has 0 saturated heterocycles. The molecular formula is C15H16N4O4. The molecule has 0 unspecified atom stereocenters. The summed E-state index contributed by atoms with van der Waals surface area (Å²) < 4.78 is 14.8. The van der Waals surface area contributed by atoms with Crippen LogP contribution in [0.25, 0.3) is 11.2 Å². The van der Waals surface area contributed by atoms with E-state index < -0.39 is 11.2 Å². The SMILES string of the molecule is COc1cccc(Oc2nc3c(c(=O)n(C)c(=O)n3C)n2C)c1. The number of fused-ring (bicyclic) bond motifs is 1. The zero-order valence-electron chi connectivity index (χ0n) is 13.2. The molecule has 0 aliphatic carbocycles. The van der Waals surface area contributed by atoms with E-state index in [1.807, 2.05) is 0 Å². The second kappa shape index (κ2) is 5.31. The highest BCUT2D eigenvalue weighted by Gasteiger charge is 2.18. The van der Waals surface area contributed by atoms with Crippen molar-refractivity contribution in [2.24, 2.45) is 21.1 Å². The lowest BCUT2D eigenvalue weighted by atomic mass is 10.3. The van der Waals surface area contributed by atoms with Crippen LogP contribution < -0.4 is 20.7 Å². The molecule has 0 amide bonds. The van der Waals surface area contributed by atoms with Crippen LogP contribution in [0.4, 0.5) is 0 Å². The van der Waals surface area contributed by atoms with Crippen molar-refractivity contribution in [1.82, 2.24) is 18.7 Å². The minimum Gasteiger partial charge on any atom is -0.497 e. The summed E-state index contributed by atoms with van der Waals surface area (Å²) in [5.41, 5.74) is -0.280. The summed E-state index contributed by atoms with van der Waals surface area (Å²) in [6, 6.07) is 7.24. The van der Waals surface area contributed by atoms with Crippen molar-refractivity contribution in [2.45, 2.75) is 0 Å². The second-order valence-corrected chi connectivity index (χ2v) is 5.11. The Morgan fingerprint density at radius 3 is 2.39 bits per heavy atom. The highest BCUT2D eigenvalue weighted by atomic mass is 16.5. The third kappa shape index (κ3) is 2.28. The Morgan fingerprint density at radius 2 is 1.70 bits per heavy atom. The number of ether oxygens (including phenoxy) is 2. The molecule has 0 bridgehead atoms. The van der Waals surface area contributed by atoms with Crippen LogP contribution in [-0.2, 0) is 21.1 Å². The van der Waals surface area contributed by atoms with Crippen molar-refractivity contribution < 1.29 is 9.47 Å². The minimum absolute atomic E-state index is 0.214. The smallest absolute Gasteiger partial charge is 0.332 e. The standard InChI is InChI=1S/C15H16N4O4/c1-17-11-12(18(2)15(21)19(3)13(11)20)16-14(17)23-10-7-5-6-9(8-10)22-4/h5-8H,1-4H3. The van der Waals surface area contributed by atoms with Crippen LogP contribution in [0, 0.1) is 0 Å². The van der Waals surface area contributed by atoms with E-state index in [2.05, 4.69) is 4.98 Å². The monoisotopic (exact) mass is 316 g/mol. The average molecular weight is 316 g/mol. The molecule has 0 atom stereocenters. The first kappa shape index (κ1) is 14.9. The van der Waals surface area contributed by atoms with Crippen LogP contribution >= 0.6 is 0 Å². The van der Waals surface area contributed by atoms with E-state index in [1.54, 1.807) is 45.5 Å². The van der Waals surface area contributed by atoms with Crippen molar-refractivity contribution in [3.63, 3.8) is 0 Å². The molecule has 0 aliphatic heterocycles. The molecule has 2 heterocycles. The number of hydrogen-bond acceptors (Lipinski definition) is 5. The Hall–Kier alpha value is -3.03. The maximum atomic E-state index is 12.3. The molecule has 1 aromatic carbocycles. The molecule has 120 valence electrons. The molecule has 8 nitrogen and oxygen atoms in total. The highest BCUT2D eigenvalue weighted by molar-refractivity contribution is 5.71. The van der Waals surface area contributed by atoms with Gasteiger partial charge in [-0.05, 0) is 12.1 Å². The number of imidazole rings is 1. The summed E-state index contributed by atoms with van der Waals surface area (Å²) in [7, 11) is 6.22. The van der Waals surface area contributed by atoms with Crippen molar-refractivity contribution in [3.05, 3.63) is 45.1 Å². The average Bonchev–Trinajstić information content (AvgIpc) is 2.88. The molecule has 0 radical (unpaired) electrons. The first-order chi connectivity index (χ1) is 10.9.